The average molecular weight is 289 g/mol. The predicted molar refractivity (Wildman–Crippen MR) is 85.8 cm³/mol. The van der Waals surface area contributed by atoms with Gasteiger partial charge < -0.3 is 10.6 Å². The van der Waals surface area contributed by atoms with Crippen molar-refractivity contribution in [3.8, 4) is 0 Å². The van der Waals surface area contributed by atoms with Crippen molar-refractivity contribution >= 4 is 5.91 Å². The maximum absolute atomic E-state index is 12.1. The molecule has 1 amide bonds. The van der Waals surface area contributed by atoms with Crippen LogP contribution in [0.25, 0.3) is 0 Å². The molecule has 1 unspecified atom stereocenters. The van der Waals surface area contributed by atoms with Crippen molar-refractivity contribution in [3.05, 3.63) is 35.9 Å². The van der Waals surface area contributed by atoms with E-state index >= 15 is 0 Å². The molecule has 21 heavy (non-hydrogen) atoms. The summed E-state index contributed by atoms with van der Waals surface area (Å²) in [5.74, 6) is 0.229. The zero-order chi connectivity index (χ0) is 15.1. The molecule has 0 saturated carbocycles. The van der Waals surface area contributed by atoms with Gasteiger partial charge in [-0.05, 0) is 37.9 Å². The molecular formula is C17H27N3O. The molecule has 2 rings (SSSR count). The molecule has 2 N–H and O–H groups in total. The van der Waals surface area contributed by atoms with Crippen molar-refractivity contribution in [1.82, 2.24) is 9.80 Å². The fraction of sp³-hybridized carbons (Fsp3) is 0.588. The number of nitrogens with zero attached hydrogens (tertiary/aromatic N) is 2. The lowest BCUT2D eigenvalue weighted by atomic mass is 10.0. The lowest BCUT2D eigenvalue weighted by Crippen LogP contribution is -2.48. The molecule has 4 nitrogen and oxygen atoms in total. The normalized spacial score (nSPS) is 19.4. The van der Waals surface area contributed by atoms with Gasteiger partial charge in [0.2, 0.25) is 5.91 Å². The number of hydrogen-bond acceptors (Lipinski definition) is 3. The van der Waals surface area contributed by atoms with Crippen molar-refractivity contribution in [3.63, 3.8) is 0 Å². The van der Waals surface area contributed by atoms with Gasteiger partial charge in [-0.15, -0.1) is 0 Å². The van der Waals surface area contributed by atoms with E-state index in [1.165, 1.54) is 5.56 Å². The number of likely N-dealkylation sites (N-methyl/N-ethyl adjacent to an activating group) is 1. The van der Waals surface area contributed by atoms with Crippen LogP contribution >= 0.6 is 0 Å². The van der Waals surface area contributed by atoms with E-state index in [0.29, 0.717) is 19.0 Å². The number of likely N-dealkylation sites (tertiary alicyclic amines) is 1. The Morgan fingerprint density at radius 1 is 1.38 bits per heavy atom. The van der Waals surface area contributed by atoms with Gasteiger partial charge in [0, 0.05) is 32.6 Å². The lowest BCUT2D eigenvalue weighted by Gasteiger charge is -2.37. The molecule has 4 heteroatoms. The number of piperidine rings is 1. The van der Waals surface area contributed by atoms with Crippen molar-refractivity contribution in [2.75, 3.05) is 26.7 Å². The summed E-state index contributed by atoms with van der Waals surface area (Å²) >= 11 is 0. The number of carbonyl (C=O) groups is 1. The van der Waals surface area contributed by atoms with E-state index < -0.39 is 0 Å². The number of amides is 1. The minimum atomic E-state index is 0.229. The molecule has 1 heterocycles. The van der Waals surface area contributed by atoms with Crippen LogP contribution in [0.2, 0.25) is 0 Å². The van der Waals surface area contributed by atoms with Crippen LogP contribution in [0.4, 0.5) is 0 Å². The largest absolute Gasteiger partial charge is 0.341 e. The SMILES string of the molecule is CN(C(=O)CCCN)C1CCCN(Cc2ccccc2)C1. The van der Waals surface area contributed by atoms with Gasteiger partial charge in [-0.1, -0.05) is 30.3 Å². The standard InChI is InChI=1S/C17H27N3O/c1-19(17(21)10-5-11-18)16-9-6-12-20(14-16)13-15-7-3-2-4-8-15/h2-4,7-8,16H,5-6,9-14,18H2,1H3. The van der Waals surface area contributed by atoms with E-state index in [1.54, 1.807) is 0 Å². The van der Waals surface area contributed by atoms with E-state index in [4.69, 9.17) is 5.73 Å². The van der Waals surface area contributed by atoms with Crippen LogP contribution in [0.5, 0.6) is 0 Å². The zero-order valence-corrected chi connectivity index (χ0v) is 13.0. The number of hydrogen-bond donors (Lipinski definition) is 1. The highest BCUT2D eigenvalue weighted by atomic mass is 16.2. The van der Waals surface area contributed by atoms with Gasteiger partial charge in [-0.2, -0.15) is 0 Å². The van der Waals surface area contributed by atoms with Gasteiger partial charge in [0.25, 0.3) is 0 Å². The van der Waals surface area contributed by atoms with Gasteiger partial charge in [0.05, 0.1) is 0 Å². The number of rotatable bonds is 6. The minimum Gasteiger partial charge on any atom is -0.341 e. The summed E-state index contributed by atoms with van der Waals surface area (Å²) < 4.78 is 0. The van der Waals surface area contributed by atoms with Gasteiger partial charge in [-0.3, -0.25) is 9.69 Å². The highest BCUT2D eigenvalue weighted by Gasteiger charge is 2.25. The van der Waals surface area contributed by atoms with Crippen molar-refractivity contribution < 1.29 is 4.79 Å². The first-order valence-corrected chi connectivity index (χ1v) is 7.92. The minimum absolute atomic E-state index is 0.229. The smallest absolute Gasteiger partial charge is 0.222 e. The molecule has 1 aliphatic rings. The summed E-state index contributed by atoms with van der Waals surface area (Å²) in [6.07, 6.45) is 3.62. The molecule has 1 atom stereocenters. The maximum atomic E-state index is 12.1. The fourth-order valence-corrected chi connectivity index (χ4v) is 2.97. The van der Waals surface area contributed by atoms with Gasteiger partial charge in [0.15, 0.2) is 0 Å². The molecule has 0 bridgehead atoms. The Balaban J connectivity index is 1.86. The summed E-state index contributed by atoms with van der Waals surface area (Å²) in [4.78, 5) is 16.5. The Bertz CT molecular complexity index is 435. The molecular weight excluding hydrogens is 262 g/mol. The van der Waals surface area contributed by atoms with Crippen LogP contribution in [0.1, 0.15) is 31.2 Å². The first-order chi connectivity index (χ1) is 10.2. The van der Waals surface area contributed by atoms with Crippen LogP contribution in [-0.2, 0) is 11.3 Å². The van der Waals surface area contributed by atoms with Gasteiger partial charge in [-0.25, -0.2) is 0 Å². The zero-order valence-electron chi connectivity index (χ0n) is 13.0. The molecule has 0 aliphatic carbocycles. The van der Waals surface area contributed by atoms with E-state index in [-0.39, 0.29) is 5.91 Å². The van der Waals surface area contributed by atoms with Crippen molar-refractivity contribution in [1.29, 1.82) is 0 Å². The lowest BCUT2D eigenvalue weighted by molar-refractivity contribution is -0.133. The van der Waals surface area contributed by atoms with Crippen LogP contribution in [0, 0.1) is 0 Å². The topological polar surface area (TPSA) is 49.6 Å². The van der Waals surface area contributed by atoms with Crippen LogP contribution < -0.4 is 5.73 Å². The predicted octanol–water partition coefficient (Wildman–Crippen LogP) is 1.85. The van der Waals surface area contributed by atoms with Crippen LogP contribution in [0.3, 0.4) is 0 Å². The quantitative estimate of drug-likeness (QED) is 0.869. The third kappa shape index (κ3) is 4.83. The highest BCUT2D eigenvalue weighted by molar-refractivity contribution is 5.76. The van der Waals surface area contributed by atoms with E-state index in [9.17, 15) is 4.79 Å². The Kier molecular flexibility index (Phi) is 6.21. The molecule has 0 radical (unpaired) electrons. The Morgan fingerprint density at radius 3 is 2.86 bits per heavy atom. The Hall–Kier alpha value is -1.39. The van der Waals surface area contributed by atoms with Crippen molar-refractivity contribution in [2.45, 2.75) is 38.3 Å². The van der Waals surface area contributed by atoms with Crippen molar-refractivity contribution in [2.24, 2.45) is 5.73 Å². The second-order valence-electron chi connectivity index (χ2n) is 5.91. The molecule has 1 fully saturated rings. The first-order valence-electron chi connectivity index (χ1n) is 7.92. The molecule has 116 valence electrons. The Labute approximate surface area is 127 Å². The van der Waals surface area contributed by atoms with Gasteiger partial charge in [0.1, 0.15) is 0 Å². The van der Waals surface area contributed by atoms with Gasteiger partial charge >= 0.3 is 0 Å². The summed E-state index contributed by atoms with van der Waals surface area (Å²) in [5.41, 5.74) is 6.83. The highest BCUT2D eigenvalue weighted by Crippen LogP contribution is 2.18. The third-order valence-electron chi connectivity index (χ3n) is 4.27. The summed E-state index contributed by atoms with van der Waals surface area (Å²) in [6, 6.07) is 10.9. The number of nitrogens with two attached hydrogens (primary N) is 1. The first kappa shape index (κ1) is 16.0. The molecule has 1 aromatic carbocycles. The molecule has 0 spiro atoms. The molecule has 1 aromatic rings. The summed E-state index contributed by atoms with van der Waals surface area (Å²) in [7, 11) is 1.94. The second kappa shape index (κ2) is 8.15. The molecule has 1 aliphatic heterocycles. The summed E-state index contributed by atoms with van der Waals surface area (Å²) in [6.45, 7) is 3.66. The van der Waals surface area contributed by atoms with E-state index in [2.05, 4.69) is 29.2 Å². The maximum Gasteiger partial charge on any atom is 0.222 e. The van der Waals surface area contributed by atoms with Crippen LogP contribution in [0.15, 0.2) is 30.3 Å². The monoisotopic (exact) mass is 289 g/mol. The molecule has 0 aromatic heterocycles. The molecule has 1 saturated heterocycles. The average Bonchev–Trinajstić information content (AvgIpc) is 2.53. The third-order valence-corrected chi connectivity index (χ3v) is 4.27. The number of carbonyl (C=O) groups excluding carboxylic acids is 1. The summed E-state index contributed by atoms with van der Waals surface area (Å²) in [5, 5.41) is 0. The fourth-order valence-electron chi connectivity index (χ4n) is 2.97. The van der Waals surface area contributed by atoms with E-state index in [0.717, 1.165) is 38.9 Å². The Morgan fingerprint density at radius 2 is 2.14 bits per heavy atom. The second-order valence-corrected chi connectivity index (χ2v) is 5.91. The van der Waals surface area contributed by atoms with E-state index in [1.807, 2.05) is 18.0 Å². The van der Waals surface area contributed by atoms with Crippen LogP contribution in [-0.4, -0.2) is 48.4 Å². The number of benzene rings is 1.